The number of aryl methyl sites for hydroxylation is 1. The van der Waals surface area contributed by atoms with E-state index in [0.717, 1.165) is 48.1 Å². The molecule has 0 bridgehead atoms. The summed E-state index contributed by atoms with van der Waals surface area (Å²) in [4.78, 5) is 33.1. The fraction of sp³-hybridized carbons (Fsp3) is 0.478. The summed E-state index contributed by atoms with van der Waals surface area (Å²) in [6.07, 6.45) is 7.25. The van der Waals surface area contributed by atoms with Crippen molar-refractivity contribution in [1.29, 1.82) is 0 Å². The second-order valence-corrected chi connectivity index (χ2v) is 9.03. The number of nitrogens with zero attached hydrogens (tertiary/aromatic N) is 3. The first-order valence-corrected chi connectivity index (χ1v) is 10.9. The van der Waals surface area contributed by atoms with E-state index in [1.807, 2.05) is 32.0 Å². The van der Waals surface area contributed by atoms with Gasteiger partial charge in [-0.15, -0.1) is 0 Å². The Balaban J connectivity index is 1.69. The van der Waals surface area contributed by atoms with Gasteiger partial charge in [0.05, 0.1) is 22.5 Å². The number of nitrogens with two attached hydrogens (primary N) is 1. The molecule has 8 nitrogen and oxygen atoms in total. The molecule has 3 aromatic rings. The highest BCUT2D eigenvalue weighted by molar-refractivity contribution is 5.92. The third-order valence-corrected chi connectivity index (χ3v) is 6.59. The number of H-pyrrole nitrogens is 1. The highest BCUT2D eigenvalue weighted by Crippen LogP contribution is 2.35. The molecule has 1 saturated carbocycles. The normalized spacial score (nSPS) is 16.4. The van der Waals surface area contributed by atoms with E-state index in [1.165, 1.54) is 6.42 Å². The molecule has 1 unspecified atom stereocenters. The molecule has 0 saturated heterocycles. The van der Waals surface area contributed by atoms with Crippen LogP contribution in [0.5, 0.6) is 0 Å². The summed E-state index contributed by atoms with van der Waals surface area (Å²) in [6, 6.07) is 7.21. The van der Waals surface area contributed by atoms with Crippen LogP contribution >= 0.6 is 0 Å². The van der Waals surface area contributed by atoms with Gasteiger partial charge in [0.25, 0.3) is 5.91 Å². The molecule has 2 heterocycles. The van der Waals surface area contributed by atoms with Crippen molar-refractivity contribution in [3.63, 3.8) is 0 Å². The summed E-state index contributed by atoms with van der Waals surface area (Å²) in [7, 11) is 1.76. The second kappa shape index (κ2) is 8.17. The highest BCUT2D eigenvalue weighted by atomic mass is 16.2. The van der Waals surface area contributed by atoms with Crippen LogP contribution in [0.2, 0.25) is 0 Å². The summed E-state index contributed by atoms with van der Waals surface area (Å²) in [5.74, 6) is 0.515. The van der Waals surface area contributed by atoms with Crippen LogP contribution in [0.4, 0.5) is 0 Å². The number of aromatic nitrogens is 4. The highest BCUT2D eigenvalue weighted by Gasteiger charge is 2.31. The van der Waals surface area contributed by atoms with E-state index in [-0.39, 0.29) is 17.9 Å². The van der Waals surface area contributed by atoms with Crippen LogP contribution in [0.15, 0.2) is 30.5 Å². The zero-order chi connectivity index (χ0) is 22.2. The molecule has 4 rings (SSSR count). The molecule has 8 heteroatoms. The molecule has 31 heavy (non-hydrogen) atoms. The number of fused-ring (bicyclic) bond motifs is 1. The van der Waals surface area contributed by atoms with E-state index in [2.05, 4.69) is 15.4 Å². The summed E-state index contributed by atoms with van der Waals surface area (Å²) in [5.41, 5.74) is 7.79. The molecule has 1 aromatic carbocycles. The molecule has 2 aromatic heterocycles. The number of amides is 2. The predicted molar refractivity (Wildman–Crippen MR) is 118 cm³/mol. The Hall–Kier alpha value is -3.16. The van der Waals surface area contributed by atoms with Gasteiger partial charge >= 0.3 is 0 Å². The maximum absolute atomic E-state index is 13.0. The Morgan fingerprint density at radius 3 is 2.61 bits per heavy atom. The van der Waals surface area contributed by atoms with Crippen molar-refractivity contribution >= 4 is 22.8 Å². The van der Waals surface area contributed by atoms with Crippen molar-refractivity contribution in [3.05, 3.63) is 47.5 Å². The lowest BCUT2D eigenvalue weighted by Crippen LogP contribution is -2.36. The topological polar surface area (TPSA) is 119 Å². The molecule has 2 amide bonds. The van der Waals surface area contributed by atoms with Gasteiger partial charge in [-0.1, -0.05) is 25.3 Å². The number of nitrogens with one attached hydrogen (secondary N) is 2. The largest absolute Gasteiger partial charge is 0.369 e. The van der Waals surface area contributed by atoms with Crippen molar-refractivity contribution in [3.8, 4) is 0 Å². The zero-order valence-corrected chi connectivity index (χ0v) is 18.3. The number of aromatic amines is 1. The standard InChI is InChI=1S/C23H30N6O2/c1-23(2,22(24)31)15-9-10-16-17(13-15)27-20(26-16)19(14-7-5-4-6-8-14)28-21(30)18-11-12-25-29(18)3/h9-14,19H,4-8H2,1-3H3,(H2,24,31)(H,26,27)(H,28,30). The van der Waals surface area contributed by atoms with Crippen LogP contribution in [0.3, 0.4) is 0 Å². The Bertz CT molecular complexity index is 1110. The third kappa shape index (κ3) is 4.06. The maximum Gasteiger partial charge on any atom is 0.270 e. The maximum atomic E-state index is 13.0. The molecular weight excluding hydrogens is 392 g/mol. The first kappa shape index (κ1) is 21.1. The SMILES string of the molecule is Cn1nccc1C(=O)NC(c1nc2ccc(C(C)(C)C(N)=O)cc2[nH]1)C1CCCCC1. The van der Waals surface area contributed by atoms with E-state index in [0.29, 0.717) is 11.6 Å². The number of carbonyl (C=O) groups excluding carboxylic acids is 2. The lowest BCUT2D eigenvalue weighted by molar-refractivity contribution is -0.122. The minimum Gasteiger partial charge on any atom is -0.369 e. The molecule has 4 N–H and O–H groups in total. The van der Waals surface area contributed by atoms with E-state index >= 15 is 0 Å². The molecule has 0 spiro atoms. The van der Waals surface area contributed by atoms with Crippen molar-refractivity contribution in [2.45, 2.75) is 57.4 Å². The zero-order valence-electron chi connectivity index (χ0n) is 18.3. The number of benzene rings is 1. The smallest absolute Gasteiger partial charge is 0.270 e. The Kier molecular flexibility index (Phi) is 5.56. The number of rotatable bonds is 6. The second-order valence-electron chi connectivity index (χ2n) is 9.03. The number of carbonyl (C=O) groups is 2. The van der Waals surface area contributed by atoms with Crippen LogP contribution in [-0.2, 0) is 17.3 Å². The van der Waals surface area contributed by atoms with Gasteiger partial charge in [0.2, 0.25) is 5.91 Å². The number of hydrogen-bond acceptors (Lipinski definition) is 4. The van der Waals surface area contributed by atoms with Crippen molar-refractivity contribution < 1.29 is 9.59 Å². The Labute approximate surface area is 181 Å². The summed E-state index contributed by atoms with van der Waals surface area (Å²) in [6.45, 7) is 3.62. The summed E-state index contributed by atoms with van der Waals surface area (Å²) >= 11 is 0. The third-order valence-electron chi connectivity index (χ3n) is 6.59. The fourth-order valence-corrected chi connectivity index (χ4v) is 4.40. The Morgan fingerprint density at radius 2 is 1.97 bits per heavy atom. The monoisotopic (exact) mass is 422 g/mol. The van der Waals surface area contributed by atoms with E-state index in [1.54, 1.807) is 24.0 Å². The molecule has 1 aliphatic carbocycles. The molecular formula is C23H30N6O2. The molecule has 0 radical (unpaired) electrons. The predicted octanol–water partition coefficient (Wildman–Crippen LogP) is 3.11. The van der Waals surface area contributed by atoms with Crippen molar-refractivity contribution in [1.82, 2.24) is 25.1 Å². The van der Waals surface area contributed by atoms with Gasteiger partial charge in [-0.05, 0) is 56.4 Å². The van der Waals surface area contributed by atoms with Gasteiger partial charge in [-0.2, -0.15) is 5.10 Å². The lowest BCUT2D eigenvalue weighted by Gasteiger charge is -2.29. The molecule has 1 fully saturated rings. The van der Waals surface area contributed by atoms with Gasteiger partial charge in [-0.25, -0.2) is 4.98 Å². The van der Waals surface area contributed by atoms with Crippen LogP contribution in [0.25, 0.3) is 11.0 Å². The van der Waals surface area contributed by atoms with Gasteiger partial charge in [0.15, 0.2) is 0 Å². The van der Waals surface area contributed by atoms with Gasteiger partial charge in [0.1, 0.15) is 11.5 Å². The van der Waals surface area contributed by atoms with Gasteiger partial charge < -0.3 is 16.0 Å². The number of hydrogen-bond donors (Lipinski definition) is 3. The average molecular weight is 423 g/mol. The minimum absolute atomic E-state index is 0.161. The molecule has 1 atom stereocenters. The summed E-state index contributed by atoms with van der Waals surface area (Å²) < 4.78 is 1.57. The van der Waals surface area contributed by atoms with Gasteiger partial charge in [-0.3, -0.25) is 14.3 Å². The van der Waals surface area contributed by atoms with E-state index in [9.17, 15) is 9.59 Å². The number of primary amides is 1. The first-order chi connectivity index (χ1) is 14.8. The van der Waals surface area contributed by atoms with Crippen molar-refractivity contribution in [2.75, 3.05) is 0 Å². The van der Waals surface area contributed by atoms with Crippen LogP contribution in [-0.4, -0.2) is 31.6 Å². The average Bonchev–Trinajstić information content (AvgIpc) is 3.37. The quantitative estimate of drug-likeness (QED) is 0.565. The van der Waals surface area contributed by atoms with Crippen LogP contribution in [0, 0.1) is 5.92 Å². The van der Waals surface area contributed by atoms with E-state index in [4.69, 9.17) is 10.7 Å². The fourth-order valence-electron chi connectivity index (χ4n) is 4.40. The van der Waals surface area contributed by atoms with Crippen LogP contribution in [0.1, 0.15) is 73.9 Å². The van der Waals surface area contributed by atoms with Gasteiger partial charge in [0, 0.05) is 13.2 Å². The van der Waals surface area contributed by atoms with Crippen LogP contribution < -0.4 is 11.1 Å². The lowest BCUT2D eigenvalue weighted by atomic mass is 9.83. The molecule has 164 valence electrons. The molecule has 0 aliphatic heterocycles. The number of imidazole rings is 1. The minimum atomic E-state index is -0.782. The first-order valence-electron chi connectivity index (χ1n) is 10.9. The summed E-state index contributed by atoms with van der Waals surface area (Å²) in [5, 5.41) is 7.31. The molecule has 1 aliphatic rings. The van der Waals surface area contributed by atoms with Crippen molar-refractivity contribution in [2.24, 2.45) is 18.7 Å². The Morgan fingerprint density at radius 1 is 1.23 bits per heavy atom. The van der Waals surface area contributed by atoms with E-state index < -0.39 is 5.41 Å².